The summed E-state index contributed by atoms with van der Waals surface area (Å²) in [6.07, 6.45) is 0. The fraction of sp³-hybridized carbons (Fsp3) is 0.208. The number of hydrogen-bond donors (Lipinski definition) is 1. The molecule has 168 valence electrons. The molecule has 0 aliphatic heterocycles. The van der Waals surface area contributed by atoms with Gasteiger partial charge >= 0.3 is 0 Å². The summed E-state index contributed by atoms with van der Waals surface area (Å²) in [7, 11) is -0.495. The Morgan fingerprint density at radius 1 is 0.938 bits per heavy atom. The molecular weight excluding hydrogens is 444 g/mol. The van der Waals surface area contributed by atoms with Gasteiger partial charge in [-0.15, -0.1) is 11.8 Å². The van der Waals surface area contributed by atoms with E-state index in [9.17, 15) is 13.2 Å². The lowest BCUT2D eigenvalue weighted by molar-refractivity contribution is 0.0944. The Kier molecular flexibility index (Phi) is 8.33. The monoisotopic (exact) mass is 470 g/mol. The van der Waals surface area contributed by atoms with Crippen LogP contribution in [-0.4, -0.2) is 45.9 Å². The molecule has 0 saturated heterocycles. The van der Waals surface area contributed by atoms with Crippen LogP contribution in [0, 0.1) is 0 Å². The number of sulfonamides is 1. The topological polar surface area (TPSA) is 75.7 Å². The Morgan fingerprint density at radius 3 is 2.28 bits per heavy atom. The van der Waals surface area contributed by atoms with Crippen molar-refractivity contribution < 1.29 is 17.9 Å². The minimum absolute atomic E-state index is 0.155. The lowest BCUT2D eigenvalue weighted by Gasteiger charge is -2.13. The lowest BCUT2D eigenvalue weighted by Crippen LogP contribution is -2.28. The predicted octanol–water partition coefficient (Wildman–Crippen LogP) is 4.04. The SMILES string of the molecule is CN(C)S(=O)(=O)c1ccc(OCCNC(=O)c2ccccc2SCc2ccccc2)cc1. The molecule has 1 amide bonds. The molecule has 0 radical (unpaired) electrons. The third kappa shape index (κ3) is 6.35. The molecule has 0 aromatic heterocycles. The van der Waals surface area contributed by atoms with Crippen molar-refractivity contribution >= 4 is 27.7 Å². The second-order valence-corrected chi connectivity index (χ2v) is 10.3. The number of nitrogens with zero attached hydrogens (tertiary/aromatic N) is 1. The first-order valence-electron chi connectivity index (χ1n) is 10.1. The maximum Gasteiger partial charge on any atom is 0.252 e. The lowest BCUT2D eigenvalue weighted by atomic mass is 10.2. The van der Waals surface area contributed by atoms with Crippen LogP contribution in [0.15, 0.2) is 88.7 Å². The van der Waals surface area contributed by atoms with Gasteiger partial charge in [0.1, 0.15) is 12.4 Å². The molecule has 0 atom stereocenters. The smallest absolute Gasteiger partial charge is 0.252 e. The van der Waals surface area contributed by atoms with Gasteiger partial charge < -0.3 is 10.1 Å². The van der Waals surface area contributed by atoms with E-state index < -0.39 is 10.0 Å². The molecule has 0 spiro atoms. The molecule has 0 aliphatic rings. The van der Waals surface area contributed by atoms with Crippen molar-refractivity contribution in [3.8, 4) is 5.75 Å². The highest BCUT2D eigenvalue weighted by Crippen LogP contribution is 2.26. The highest BCUT2D eigenvalue weighted by atomic mass is 32.2. The highest BCUT2D eigenvalue weighted by molar-refractivity contribution is 7.98. The van der Waals surface area contributed by atoms with Gasteiger partial charge in [-0.05, 0) is 42.0 Å². The largest absolute Gasteiger partial charge is 0.492 e. The zero-order valence-electron chi connectivity index (χ0n) is 18.0. The van der Waals surface area contributed by atoms with Crippen molar-refractivity contribution in [2.75, 3.05) is 27.2 Å². The standard InChI is InChI=1S/C24H26N2O4S2/c1-26(2)32(28,29)21-14-12-20(13-15-21)30-17-16-25-24(27)22-10-6-7-11-23(22)31-18-19-8-4-3-5-9-19/h3-15H,16-18H2,1-2H3,(H,25,27). The van der Waals surface area contributed by atoms with E-state index in [1.165, 1.54) is 31.8 Å². The van der Waals surface area contributed by atoms with Crippen LogP contribution in [0.5, 0.6) is 5.75 Å². The molecule has 8 heteroatoms. The van der Waals surface area contributed by atoms with Gasteiger partial charge in [0.25, 0.3) is 5.91 Å². The third-order valence-corrected chi connectivity index (χ3v) is 7.60. The maximum absolute atomic E-state index is 12.7. The number of amides is 1. The molecule has 0 heterocycles. The molecule has 0 unspecified atom stereocenters. The normalized spacial score (nSPS) is 11.3. The molecule has 3 aromatic carbocycles. The number of benzene rings is 3. The van der Waals surface area contributed by atoms with Gasteiger partial charge in [-0.2, -0.15) is 0 Å². The number of carbonyl (C=O) groups excluding carboxylic acids is 1. The van der Waals surface area contributed by atoms with E-state index in [0.29, 0.717) is 17.9 Å². The molecule has 3 rings (SSSR count). The van der Waals surface area contributed by atoms with Gasteiger partial charge in [-0.3, -0.25) is 4.79 Å². The molecule has 3 aromatic rings. The minimum atomic E-state index is -3.47. The van der Waals surface area contributed by atoms with Gasteiger partial charge in [0, 0.05) is 24.7 Å². The molecule has 6 nitrogen and oxygen atoms in total. The first-order valence-corrected chi connectivity index (χ1v) is 12.5. The average molecular weight is 471 g/mol. The quantitative estimate of drug-likeness (QED) is 0.358. The van der Waals surface area contributed by atoms with E-state index in [1.807, 2.05) is 42.5 Å². The number of ether oxygens (including phenoxy) is 1. The first-order chi connectivity index (χ1) is 15.4. The van der Waals surface area contributed by atoms with E-state index in [-0.39, 0.29) is 17.4 Å². The second-order valence-electron chi connectivity index (χ2n) is 7.13. The van der Waals surface area contributed by atoms with E-state index in [2.05, 4.69) is 17.4 Å². The predicted molar refractivity (Wildman–Crippen MR) is 128 cm³/mol. The molecule has 0 fully saturated rings. The molecular formula is C24H26N2O4S2. The zero-order valence-corrected chi connectivity index (χ0v) is 19.7. The van der Waals surface area contributed by atoms with E-state index in [4.69, 9.17) is 4.74 Å². The van der Waals surface area contributed by atoms with Gasteiger partial charge in [-0.1, -0.05) is 42.5 Å². The minimum Gasteiger partial charge on any atom is -0.492 e. The van der Waals surface area contributed by atoms with Gasteiger partial charge in [0.15, 0.2) is 0 Å². The Balaban J connectivity index is 1.50. The number of nitrogens with one attached hydrogen (secondary N) is 1. The summed E-state index contributed by atoms with van der Waals surface area (Å²) in [6.45, 7) is 0.596. The summed E-state index contributed by atoms with van der Waals surface area (Å²) in [5.74, 6) is 1.17. The zero-order chi connectivity index (χ0) is 23.0. The molecule has 32 heavy (non-hydrogen) atoms. The fourth-order valence-electron chi connectivity index (χ4n) is 2.86. The van der Waals surface area contributed by atoms with Crippen LogP contribution in [0.3, 0.4) is 0 Å². The van der Waals surface area contributed by atoms with Crippen molar-refractivity contribution in [3.63, 3.8) is 0 Å². The van der Waals surface area contributed by atoms with Crippen molar-refractivity contribution in [2.24, 2.45) is 0 Å². The van der Waals surface area contributed by atoms with Gasteiger partial charge in [0.2, 0.25) is 10.0 Å². The molecule has 1 N–H and O–H groups in total. The van der Waals surface area contributed by atoms with Crippen LogP contribution in [0.2, 0.25) is 0 Å². The summed E-state index contributed by atoms with van der Waals surface area (Å²) < 4.78 is 31.0. The van der Waals surface area contributed by atoms with Crippen LogP contribution < -0.4 is 10.1 Å². The van der Waals surface area contributed by atoms with Gasteiger partial charge in [0.05, 0.1) is 17.0 Å². The number of hydrogen-bond acceptors (Lipinski definition) is 5. The number of rotatable bonds is 10. The van der Waals surface area contributed by atoms with Crippen molar-refractivity contribution in [1.29, 1.82) is 0 Å². The van der Waals surface area contributed by atoms with E-state index in [1.54, 1.807) is 23.9 Å². The Bertz CT molecular complexity index is 1130. The molecule has 0 bridgehead atoms. The summed E-state index contributed by atoms with van der Waals surface area (Å²) >= 11 is 1.63. The Labute approximate surface area is 193 Å². The summed E-state index contributed by atoms with van der Waals surface area (Å²) in [5.41, 5.74) is 1.83. The molecule has 0 aliphatic carbocycles. The summed E-state index contributed by atoms with van der Waals surface area (Å²) in [6, 6.07) is 23.9. The summed E-state index contributed by atoms with van der Waals surface area (Å²) in [4.78, 5) is 13.8. The van der Waals surface area contributed by atoms with Crippen LogP contribution in [0.1, 0.15) is 15.9 Å². The number of carbonyl (C=O) groups is 1. The molecule has 0 saturated carbocycles. The van der Waals surface area contributed by atoms with Crippen molar-refractivity contribution in [3.05, 3.63) is 90.0 Å². The van der Waals surface area contributed by atoms with E-state index in [0.717, 1.165) is 15.0 Å². The number of thioether (sulfide) groups is 1. The third-order valence-electron chi connectivity index (χ3n) is 4.63. The summed E-state index contributed by atoms with van der Waals surface area (Å²) in [5, 5.41) is 2.88. The van der Waals surface area contributed by atoms with Crippen molar-refractivity contribution in [2.45, 2.75) is 15.5 Å². The maximum atomic E-state index is 12.7. The highest BCUT2D eigenvalue weighted by Gasteiger charge is 2.16. The van der Waals surface area contributed by atoms with Crippen LogP contribution >= 0.6 is 11.8 Å². The van der Waals surface area contributed by atoms with Crippen LogP contribution in [-0.2, 0) is 15.8 Å². The van der Waals surface area contributed by atoms with Crippen molar-refractivity contribution in [1.82, 2.24) is 9.62 Å². The van der Waals surface area contributed by atoms with Crippen LogP contribution in [0.25, 0.3) is 0 Å². The van der Waals surface area contributed by atoms with E-state index >= 15 is 0 Å². The Morgan fingerprint density at radius 2 is 1.59 bits per heavy atom. The average Bonchev–Trinajstić information content (AvgIpc) is 2.81. The first kappa shape index (κ1) is 23.8. The second kappa shape index (κ2) is 11.2. The Hall–Kier alpha value is -2.81. The van der Waals surface area contributed by atoms with Gasteiger partial charge in [-0.25, -0.2) is 12.7 Å². The fourth-order valence-corrected chi connectivity index (χ4v) is 4.77. The van der Waals surface area contributed by atoms with Crippen LogP contribution in [0.4, 0.5) is 0 Å².